The normalized spacial score (nSPS) is 16.1. The Morgan fingerprint density at radius 1 is 1.10 bits per heavy atom. The van der Waals surface area contributed by atoms with Gasteiger partial charge in [-0.3, -0.25) is 0 Å². The van der Waals surface area contributed by atoms with Crippen LogP contribution in [0.5, 0.6) is 0 Å². The van der Waals surface area contributed by atoms with Crippen molar-refractivity contribution in [1.29, 1.82) is 0 Å². The molecule has 0 amide bonds. The lowest BCUT2D eigenvalue weighted by Gasteiger charge is -2.26. The maximum Gasteiger partial charge on any atom is 0.183 e. The zero-order valence-corrected chi connectivity index (χ0v) is 16.2. The highest BCUT2D eigenvalue weighted by Gasteiger charge is 2.30. The fourth-order valence-corrected chi connectivity index (χ4v) is 3.64. The molecule has 0 N–H and O–H groups in total. The van der Waals surface area contributed by atoms with Crippen LogP contribution in [-0.4, -0.2) is 35.9 Å². The maximum absolute atomic E-state index is 14.3. The third kappa shape index (κ3) is 3.43. The van der Waals surface area contributed by atoms with Crippen LogP contribution in [0.4, 0.5) is 14.6 Å². The van der Waals surface area contributed by atoms with E-state index in [1.807, 2.05) is 24.8 Å². The number of nitrogens with zero attached hydrogens (tertiary/aromatic N) is 7. The van der Waals surface area contributed by atoms with Gasteiger partial charge in [-0.1, -0.05) is 13.8 Å². The summed E-state index contributed by atoms with van der Waals surface area (Å²) in [5, 5.41) is 8.41. The predicted molar refractivity (Wildman–Crippen MR) is 105 cm³/mol. The number of fused-ring (bicyclic) bond motifs is 1. The van der Waals surface area contributed by atoms with Crippen molar-refractivity contribution in [3.8, 4) is 5.69 Å². The number of aromatic nitrogens is 6. The number of rotatable bonds is 3. The minimum atomic E-state index is -0.439. The van der Waals surface area contributed by atoms with E-state index in [0.717, 1.165) is 25.5 Å². The first-order valence-electron chi connectivity index (χ1n) is 9.62. The van der Waals surface area contributed by atoms with Crippen LogP contribution in [0, 0.1) is 11.6 Å². The van der Waals surface area contributed by atoms with Crippen molar-refractivity contribution in [2.75, 3.05) is 11.4 Å². The highest BCUT2D eigenvalue weighted by atomic mass is 19.1. The van der Waals surface area contributed by atoms with Gasteiger partial charge in [0.2, 0.25) is 0 Å². The summed E-state index contributed by atoms with van der Waals surface area (Å²) < 4.78 is 31.2. The average molecular weight is 397 g/mol. The lowest BCUT2D eigenvalue weighted by molar-refractivity contribution is 0.560. The number of anilines is 1. The highest BCUT2D eigenvalue weighted by molar-refractivity contribution is 5.61. The van der Waals surface area contributed by atoms with E-state index in [2.05, 4.69) is 15.2 Å². The van der Waals surface area contributed by atoms with Gasteiger partial charge in [-0.15, -0.1) is 0 Å². The predicted octanol–water partition coefficient (Wildman–Crippen LogP) is 3.96. The largest absolute Gasteiger partial charge is 0.349 e. The summed E-state index contributed by atoms with van der Waals surface area (Å²) >= 11 is 0. The second-order valence-electron chi connectivity index (χ2n) is 6.44. The first-order chi connectivity index (χ1) is 14.2. The molecule has 7 nitrogen and oxygen atoms in total. The maximum atomic E-state index is 14.3. The minimum Gasteiger partial charge on any atom is -0.349 e. The molecule has 1 unspecified atom stereocenters. The van der Waals surface area contributed by atoms with Gasteiger partial charge in [0.05, 0.1) is 12.2 Å². The average Bonchev–Trinajstić information content (AvgIpc) is 3.50. The molecule has 0 bridgehead atoms. The van der Waals surface area contributed by atoms with Crippen molar-refractivity contribution in [3.63, 3.8) is 0 Å². The van der Waals surface area contributed by atoms with Crippen molar-refractivity contribution in [2.45, 2.75) is 32.7 Å². The molecule has 9 heteroatoms. The van der Waals surface area contributed by atoms with Crippen LogP contribution < -0.4 is 4.90 Å². The molecule has 0 radical (unpaired) electrons. The Balaban J connectivity index is 0.000000994. The molecule has 4 heterocycles. The van der Waals surface area contributed by atoms with Crippen LogP contribution >= 0.6 is 0 Å². The molecule has 1 aliphatic rings. The summed E-state index contributed by atoms with van der Waals surface area (Å²) in [5.74, 6) is -0.150. The van der Waals surface area contributed by atoms with Crippen molar-refractivity contribution < 1.29 is 8.78 Å². The van der Waals surface area contributed by atoms with Gasteiger partial charge in [0.15, 0.2) is 5.65 Å². The van der Waals surface area contributed by atoms with Crippen LogP contribution in [0.15, 0.2) is 49.3 Å². The van der Waals surface area contributed by atoms with Gasteiger partial charge in [-0.2, -0.15) is 10.2 Å². The van der Waals surface area contributed by atoms with E-state index in [9.17, 15) is 8.78 Å². The van der Waals surface area contributed by atoms with Gasteiger partial charge in [0, 0.05) is 18.3 Å². The molecule has 29 heavy (non-hydrogen) atoms. The molecule has 0 spiro atoms. The van der Waals surface area contributed by atoms with Crippen LogP contribution in [0.1, 0.15) is 38.3 Å². The number of halogens is 2. The van der Waals surface area contributed by atoms with Crippen molar-refractivity contribution in [3.05, 3.63) is 66.5 Å². The lowest BCUT2D eigenvalue weighted by Crippen LogP contribution is -2.24. The van der Waals surface area contributed by atoms with Crippen LogP contribution in [0.3, 0.4) is 0 Å². The molecule has 150 valence electrons. The van der Waals surface area contributed by atoms with Gasteiger partial charge >= 0.3 is 0 Å². The van der Waals surface area contributed by atoms with Crippen molar-refractivity contribution >= 4 is 11.5 Å². The second kappa shape index (κ2) is 7.94. The highest BCUT2D eigenvalue weighted by Crippen LogP contribution is 2.36. The van der Waals surface area contributed by atoms with Crippen molar-refractivity contribution in [1.82, 2.24) is 29.4 Å². The molecule has 4 aromatic rings. The van der Waals surface area contributed by atoms with Gasteiger partial charge in [0.1, 0.15) is 35.8 Å². The quantitative estimate of drug-likeness (QED) is 0.524. The number of benzene rings is 1. The fourth-order valence-electron chi connectivity index (χ4n) is 3.64. The van der Waals surface area contributed by atoms with Gasteiger partial charge in [-0.05, 0) is 37.1 Å². The van der Waals surface area contributed by atoms with Gasteiger partial charge < -0.3 is 4.90 Å². The smallest absolute Gasteiger partial charge is 0.183 e. The first-order valence-corrected chi connectivity index (χ1v) is 9.62. The molecule has 0 aliphatic carbocycles. The monoisotopic (exact) mass is 397 g/mol. The zero-order valence-electron chi connectivity index (χ0n) is 16.2. The molecule has 1 aliphatic heterocycles. The minimum absolute atomic E-state index is 0.256. The van der Waals surface area contributed by atoms with E-state index >= 15 is 0 Å². The van der Waals surface area contributed by atoms with E-state index in [4.69, 9.17) is 4.98 Å². The summed E-state index contributed by atoms with van der Waals surface area (Å²) in [4.78, 5) is 10.7. The van der Waals surface area contributed by atoms with Crippen molar-refractivity contribution in [2.24, 2.45) is 0 Å². The molecule has 1 saturated heterocycles. The summed E-state index contributed by atoms with van der Waals surface area (Å²) in [6.07, 6.45) is 8.09. The molecule has 3 aromatic heterocycles. The third-order valence-corrected chi connectivity index (χ3v) is 4.87. The van der Waals surface area contributed by atoms with Crippen LogP contribution in [0.2, 0.25) is 0 Å². The van der Waals surface area contributed by atoms with E-state index in [-0.39, 0.29) is 6.04 Å². The standard InChI is InChI=1S/C18H15F2N7.C2H6/c19-12-3-4-14(20)13(8-12)15-2-1-6-25(15)17-5-7-26-18(24-17)16(9-22-26)27-11-21-10-23-27;1-2/h3-5,7-11,15H,1-2,6H2;1-2H3. The molecule has 1 atom stereocenters. The Hall–Kier alpha value is -3.36. The van der Waals surface area contributed by atoms with Crippen LogP contribution in [0.25, 0.3) is 11.3 Å². The second-order valence-corrected chi connectivity index (χ2v) is 6.44. The Morgan fingerprint density at radius 3 is 2.76 bits per heavy atom. The van der Waals surface area contributed by atoms with E-state index in [1.54, 1.807) is 27.9 Å². The van der Waals surface area contributed by atoms with Gasteiger partial charge in [-0.25, -0.2) is 27.9 Å². The molecular weight excluding hydrogens is 376 g/mol. The van der Waals surface area contributed by atoms with Crippen LogP contribution in [-0.2, 0) is 0 Å². The number of hydrogen-bond acceptors (Lipinski definition) is 5. The summed E-state index contributed by atoms with van der Waals surface area (Å²) in [5.41, 5.74) is 1.67. The molecule has 5 rings (SSSR count). The SMILES string of the molecule is CC.Fc1ccc(F)c(C2CCCN2c2ccn3ncc(-n4cncn4)c3n2)c1. The summed E-state index contributed by atoms with van der Waals surface area (Å²) in [6, 6.07) is 5.17. The van der Waals surface area contributed by atoms with E-state index < -0.39 is 11.6 Å². The van der Waals surface area contributed by atoms with Gasteiger partial charge in [0.25, 0.3) is 0 Å². The summed E-state index contributed by atoms with van der Waals surface area (Å²) in [7, 11) is 0. The zero-order chi connectivity index (χ0) is 20.4. The topological polar surface area (TPSA) is 64.1 Å². The Morgan fingerprint density at radius 2 is 1.97 bits per heavy atom. The Kier molecular flexibility index (Phi) is 5.20. The number of hydrogen-bond donors (Lipinski definition) is 0. The first kappa shape index (κ1) is 19.0. The van der Waals surface area contributed by atoms with E-state index in [1.165, 1.54) is 18.5 Å². The molecule has 0 saturated carbocycles. The molecule has 1 fully saturated rings. The lowest BCUT2D eigenvalue weighted by atomic mass is 10.0. The molecular formula is C20H21F2N7. The third-order valence-electron chi connectivity index (χ3n) is 4.87. The fraction of sp³-hybridized carbons (Fsp3) is 0.300. The summed E-state index contributed by atoms with van der Waals surface area (Å²) in [6.45, 7) is 4.72. The molecule has 1 aromatic carbocycles. The Bertz CT molecular complexity index is 1110. The van der Waals surface area contributed by atoms with E-state index in [0.29, 0.717) is 22.7 Å². The Labute approximate surface area is 166 Å².